The van der Waals surface area contributed by atoms with E-state index < -0.39 is 0 Å². The number of aromatic amines is 1. The Labute approximate surface area is 206 Å². The van der Waals surface area contributed by atoms with Gasteiger partial charge >= 0.3 is 5.97 Å². The zero-order valence-electron chi connectivity index (χ0n) is 20.7. The average molecular weight is 482 g/mol. The summed E-state index contributed by atoms with van der Waals surface area (Å²) in [7, 11) is 0. The van der Waals surface area contributed by atoms with E-state index in [9.17, 15) is 14.7 Å². The van der Waals surface area contributed by atoms with Gasteiger partial charge in [-0.05, 0) is 44.6 Å². The standard InChI is InChI=1S/C26H35N5O4/c1-4-35-23(32)18-31-15-13-30(14-16-31)12-11-28-26(34)24-19(2)22(29-20(24)3)17-21-9-7-5-6-8-10-27-25(21)33/h5-10,17,27,33H,4,11-16,18H2,1-3H3,(H,28,34). The maximum atomic E-state index is 12.9. The first-order valence-corrected chi connectivity index (χ1v) is 12.0. The van der Waals surface area contributed by atoms with Crippen LogP contribution in [0.3, 0.4) is 0 Å². The van der Waals surface area contributed by atoms with Crippen molar-refractivity contribution in [2.75, 3.05) is 52.4 Å². The van der Waals surface area contributed by atoms with Crippen LogP contribution in [0.5, 0.6) is 5.88 Å². The summed E-state index contributed by atoms with van der Waals surface area (Å²) >= 11 is 0. The molecule has 2 aliphatic heterocycles. The number of piperazine rings is 1. The van der Waals surface area contributed by atoms with Crippen molar-refractivity contribution in [1.82, 2.24) is 20.1 Å². The summed E-state index contributed by atoms with van der Waals surface area (Å²) in [5, 5.41) is 13.3. The molecule has 0 saturated carbocycles. The molecule has 3 N–H and O–H groups in total. The van der Waals surface area contributed by atoms with Crippen molar-refractivity contribution in [3.05, 3.63) is 58.9 Å². The number of carbonyl (C=O) groups is 2. The Kier molecular flexibility index (Phi) is 9.63. The fourth-order valence-corrected chi connectivity index (χ4v) is 4.07. The maximum absolute atomic E-state index is 12.9. The van der Waals surface area contributed by atoms with Gasteiger partial charge in [0.25, 0.3) is 5.91 Å². The number of H-pyrrole nitrogens is 1. The molecule has 1 aromatic rings. The van der Waals surface area contributed by atoms with Gasteiger partial charge in [0.15, 0.2) is 5.88 Å². The summed E-state index contributed by atoms with van der Waals surface area (Å²) in [6.45, 7) is 10.8. The van der Waals surface area contributed by atoms with E-state index in [0.717, 1.165) is 38.3 Å². The zero-order chi connectivity index (χ0) is 25.2. The van der Waals surface area contributed by atoms with Crippen molar-refractivity contribution < 1.29 is 19.4 Å². The van der Waals surface area contributed by atoms with Crippen LogP contribution in [-0.2, 0) is 14.3 Å². The maximum Gasteiger partial charge on any atom is 0.320 e. The number of carbonyl (C=O) groups excluding carboxylic acids is 2. The number of ether oxygens (including phenoxy) is 1. The lowest BCUT2D eigenvalue weighted by atomic mass is 10.0. The predicted octanol–water partition coefficient (Wildman–Crippen LogP) is 2.27. The third kappa shape index (κ3) is 7.53. The molecule has 3 heterocycles. The van der Waals surface area contributed by atoms with Crippen LogP contribution in [0.4, 0.5) is 0 Å². The number of rotatable bonds is 8. The Hall–Kier alpha value is -3.43. The van der Waals surface area contributed by atoms with Crippen LogP contribution in [0.1, 0.15) is 26.3 Å². The van der Waals surface area contributed by atoms with Crippen molar-refractivity contribution in [3.8, 4) is 5.88 Å². The highest BCUT2D eigenvalue weighted by Crippen LogP contribution is 2.28. The monoisotopic (exact) mass is 481 g/mol. The minimum Gasteiger partial charge on any atom is -0.494 e. The molecule has 0 aliphatic carbocycles. The van der Waals surface area contributed by atoms with Gasteiger partial charge < -0.3 is 20.1 Å². The van der Waals surface area contributed by atoms with Gasteiger partial charge in [-0.1, -0.05) is 18.2 Å². The molecule has 35 heavy (non-hydrogen) atoms. The molecule has 3 rings (SSSR count). The van der Waals surface area contributed by atoms with Gasteiger partial charge in [0.2, 0.25) is 0 Å². The Morgan fingerprint density at radius 1 is 1.14 bits per heavy atom. The number of aromatic nitrogens is 1. The number of aliphatic imine (C=N–C) groups is 1. The molecular weight excluding hydrogens is 446 g/mol. The van der Waals surface area contributed by atoms with E-state index in [4.69, 9.17) is 4.74 Å². The van der Waals surface area contributed by atoms with Gasteiger partial charge in [0, 0.05) is 51.0 Å². The van der Waals surface area contributed by atoms with E-state index in [2.05, 4.69) is 25.1 Å². The fourth-order valence-electron chi connectivity index (χ4n) is 4.07. The Morgan fingerprint density at radius 2 is 1.86 bits per heavy atom. The largest absolute Gasteiger partial charge is 0.494 e. The number of allylic oxidation sites excluding steroid dienone is 1. The molecule has 0 atom stereocenters. The normalized spacial score (nSPS) is 17.8. The lowest BCUT2D eigenvalue weighted by Gasteiger charge is -2.34. The molecule has 9 heteroatoms. The molecule has 1 amide bonds. The molecule has 188 valence electrons. The summed E-state index contributed by atoms with van der Waals surface area (Å²) in [5.41, 5.74) is 3.20. The molecule has 1 aromatic heterocycles. The van der Waals surface area contributed by atoms with Gasteiger partial charge in [-0.25, -0.2) is 0 Å². The molecular formula is C26H35N5O4. The Balaban J connectivity index is 1.56. The SMILES string of the molecule is CCOC(=O)CN1CCN(CCNC(=O)C2=C(C)C(=Cc3cccccc[nH]c3O)N=C2C)CC1. The van der Waals surface area contributed by atoms with Crippen LogP contribution in [0.2, 0.25) is 0 Å². The third-order valence-electron chi connectivity index (χ3n) is 5.96. The van der Waals surface area contributed by atoms with E-state index in [1.807, 2.05) is 39.0 Å². The topological polar surface area (TPSA) is 110 Å². The molecule has 0 bridgehead atoms. The fraction of sp³-hybridized carbons (Fsp3) is 0.423. The number of amides is 1. The van der Waals surface area contributed by atoms with E-state index in [0.29, 0.717) is 42.2 Å². The molecule has 1 saturated heterocycles. The minimum atomic E-state index is -0.184. The molecule has 0 spiro atoms. The van der Waals surface area contributed by atoms with Crippen molar-refractivity contribution >= 4 is 23.7 Å². The first-order valence-electron chi connectivity index (χ1n) is 12.0. The summed E-state index contributed by atoms with van der Waals surface area (Å²) < 4.78 is 5.01. The van der Waals surface area contributed by atoms with Crippen LogP contribution < -0.4 is 5.32 Å². The lowest BCUT2D eigenvalue weighted by Crippen LogP contribution is -2.49. The summed E-state index contributed by atoms with van der Waals surface area (Å²) in [4.78, 5) is 36.3. The van der Waals surface area contributed by atoms with Gasteiger partial charge in [0.1, 0.15) is 0 Å². The van der Waals surface area contributed by atoms with E-state index >= 15 is 0 Å². The van der Waals surface area contributed by atoms with Crippen LogP contribution >= 0.6 is 0 Å². The quantitative estimate of drug-likeness (QED) is 0.492. The van der Waals surface area contributed by atoms with E-state index in [1.54, 1.807) is 24.4 Å². The molecule has 9 nitrogen and oxygen atoms in total. The number of nitrogens with one attached hydrogen (secondary N) is 2. The van der Waals surface area contributed by atoms with Crippen LogP contribution in [0.15, 0.2) is 58.4 Å². The minimum absolute atomic E-state index is 0.00890. The summed E-state index contributed by atoms with van der Waals surface area (Å²) in [5.74, 6) is -0.328. The number of esters is 1. The van der Waals surface area contributed by atoms with Crippen LogP contribution in [0, 0.1) is 0 Å². The number of hydrogen-bond donors (Lipinski definition) is 3. The van der Waals surface area contributed by atoms with Gasteiger partial charge in [-0.15, -0.1) is 0 Å². The lowest BCUT2D eigenvalue weighted by molar-refractivity contribution is -0.144. The smallest absolute Gasteiger partial charge is 0.320 e. The number of hydrogen-bond acceptors (Lipinski definition) is 7. The second-order valence-electron chi connectivity index (χ2n) is 8.46. The van der Waals surface area contributed by atoms with Gasteiger partial charge in [0.05, 0.1) is 30.1 Å². The molecule has 0 unspecified atom stereocenters. The first-order chi connectivity index (χ1) is 16.9. The Morgan fingerprint density at radius 3 is 2.60 bits per heavy atom. The summed E-state index contributed by atoms with van der Waals surface area (Å²) in [6.07, 6.45) is 3.41. The highest BCUT2D eigenvalue weighted by molar-refractivity contribution is 6.24. The van der Waals surface area contributed by atoms with Crippen LogP contribution in [-0.4, -0.2) is 89.9 Å². The summed E-state index contributed by atoms with van der Waals surface area (Å²) in [6, 6.07) is 9.10. The average Bonchev–Trinajstić information content (AvgIpc) is 3.15. The third-order valence-corrected chi connectivity index (χ3v) is 5.96. The number of aromatic hydroxyl groups is 1. The van der Waals surface area contributed by atoms with E-state index in [-0.39, 0.29) is 17.8 Å². The molecule has 0 radical (unpaired) electrons. The second-order valence-corrected chi connectivity index (χ2v) is 8.46. The molecule has 0 aromatic carbocycles. The van der Waals surface area contributed by atoms with Crippen molar-refractivity contribution in [3.63, 3.8) is 0 Å². The molecule has 2 aliphatic rings. The predicted molar refractivity (Wildman–Crippen MR) is 136 cm³/mol. The first kappa shape index (κ1) is 26.2. The van der Waals surface area contributed by atoms with Crippen molar-refractivity contribution in [1.29, 1.82) is 0 Å². The highest BCUT2D eigenvalue weighted by Gasteiger charge is 2.24. The molecule has 1 fully saturated rings. The van der Waals surface area contributed by atoms with Crippen molar-refractivity contribution in [2.45, 2.75) is 20.8 Å². The van der Waals surface area contributed by atoms with Gasteiger partial charge in [-0.2, -0.15) is 0 Å². The Bertz CT molecular complexity index is 1060. The number of nitrogens with zero attached hydrogens (tertiary/aromatic N) is 3. The zero-order valence-corrected chi connectivity index (χ0v) is 20.7. The van der Waals surface area contributed by atoms with Crippen molar-refractivity contribution in [2.24, 2.45) is 4.99 Å². The highest BCUT2D eigenvalue weighted by atomic mass is 16.5. The van der Waals surface area contributed by atoms with Crippen LogP contribution in [0.25, 0.3) is 6.08 Å². The van der Waals surface area contributed by atoms with Gasteiger partial charge in [-0.3, -0.25) is 24.4 Å². The van der Waals surface area contributed by atoms with E-state index in [1.165, 1.54) is 0 Å². The second kappa shape index (κ2) is 12.9.